The molecule has 1 heterocycles. The van der Waals surface area contributed by atoms with E-state index in [1.165, 1.54) is 23.3 Å². The van der Waals surface area contributed by atoms with Crippen molar-refractivity contribution < 1.29 is 18.0 Å². The summed E-state index contributed by atoms with van der Waals surface area (Å²) in [7, 11) is 0. The van der Waals surface area contributed by atoms with Gasteiger partial charge in [-0.2, -0.15) is 13.2 Å². The molecular formula is C31H35F3N2O. The average molecular weight is 509 g/mol. The molecule has 3 aromatic rings. The Morgan fingerprint density at radius 2 is 1.68 bits per heavy atom. The molecule has 0 spiro atoms. The highest BCUT2D eigenvalue weighted by molar-refractivity contribution is 5.94. The molecule has 3 nitrogen and oxygen atoms in total. The Labute approximate surface area is 217 Å². The number of hydrogen-bond donors (Lipinski definition) is 0. The Morgan fingerprint density at radius 1 is 0.973 bits per heavy atom. The van der Waals surface area contributed by atoms with Crippen molar-refractivity contribution in [3.63, 3.8) is 0 Å². The van der Waals surface area contributed by atoms with Crippen LogP contribution in [0.15, 0.2) is 78.9 Å². The molecule has 37 heavy (non-hydrogen) atoms. The molecule has 1 aliphatic rings. The number of likely N-dealkylation sites (tertiary alicyclic amines) is 1. The third-order valence-corrected chi connectivity index (χ3v) is 7.03. The van der Waals surface area contributed by atoms with Crippen molar-refractivity contribution >= 4 is 5.91 Å². The molecule has 1 amide bonds. The normalized spacial score (nSPS) is 18.4. The minimum atomic E-state index is -4.39. The van der Waals surface area contributed by atoms with Crippen molar-refractivity contribution in [3.05, 3.63) is 107 Å². The largest absolute Gasteiger partial charge is 0.416 e. The predicted molar refractivity (Wildman–Crippen MR) is 141 cm³/mol. The Kier molecular flexibility index (Phi) is 8.38. The fourth-order valence-corrected chi connectivity index (χ4v) is 5.28. The fourth-order valence-electron chi connectivity index (χ4n) is 5.28. The maximum atomic E-state index is 13.5. The smallest absolute Gasteiger partial charge is 0.338 e. The number of carbonyl (C=O) groups excluding carboxylic acids is 1. The topological polar surface area (TPSA) is 23.6 Å². The van der Waals surface area contributed by atoms with Crippen molar-refractivity contribution in [2.24, 2.45) is 11.8 Å². The molecule has 196 valence electrons. The molecule has 1 fully saturated rings. The first-order chi connectivity index (χ1) is 17.6. The minimum Gasteiger partial charge on any atom is -0.338 e. The van der Waals surface area contributed by atoms with Crippen LogP contribution in [-0.4, -0.2) is 41.9 Å². The molecule has 2 unspecified atom stereocenters. The number of aryl methyl sites for hydroxylation is 1. The standard InChI is InChI=1S/C31H35F3N2O/c1-22(2)17-36(30(37)25-8-5-4-6-9-25)20-27-19-35(18-24-14-12-23(3)13-15-24)21-29(27)26-10-7-11-28(16-26)31(32,33)34/h4-16,22,27,29H,17-21H2,1-3H3. The van der Waals surface area contributed by atoms with Gasteiger partial charge in [0.1, 0.15) is 0 Å². The molecule has 4 rings (SSSR count). The van der Waals surface area contributed by atoms with E-state index in [0.717, 1.165) is 12.6 Å². The summed E-state index contributed by atoms with van der Waals surface area (Å²) >= 11 is 0. The van der Waals surface area contributed by atoms with Crippen LogP contribution in [0.5, 0.6) is 0 Å². The van der Waals surface area contributed by atoms with Crippen molar-refractivity contribution in [1.29, 1.82) is 0 Å². The lowest BCUT2D eigenvalue weighted by Gasteiger charge is -2.30. The van der Waals surface area contributed by atoms with Crippen molar-refractivity contribution in [3.8, 4) is 0 Å². The van der Waals surface area contributed by atoms with Gasteiger partial charge in [-0.3, -0.25) is 9.69 Å². The van der Waals surface area contributed by atoms with Gasteiger partial charge in [0.05, 0.1) is 5.56 Å². The second-order valence-electron chi connectivity index (χ2n) is 10.6. The number of nitrogens with zero attached hydrogens (tertiary/aromatic N) is 2. The van der Waals surface area contributed by atoms with Crippen molar-refractivity contribution in [1.82, 2.24) is 9.80 Å². The lowest BCUT2D eigenvalue weighted by Crippen LogP contribution is -2.39. The van der Waals surface area contributed by atoms with E-state index >= 15 is 0 Å². The minimum absolute atomic E-state index is 0.0142. The number of alkyl halides is 3. The summed E-state index contributed by atoms with van der Waals surface area (Å²) in [6.45, 7) is 9.38. The molecule has 0 radical (unpaired) electrons. The van der Waals surface area contributed by atoms with E-state index < -0.39 is 11.7 Å². The molecule has 0 bridgehead atoms. The predicted octanol–water partition coefficient (Wildman–Crippen LogP) is 7.03. The van der Waals surface area contributed by atoms with Gasteiger partial charge in [0, 0.05) is 44.2 Å². The quantitative estimate of drug-likeness (QED) is 0.326. The van der Waals surface area contributed by atoms with E-state index in [1.807, 2.05) is 42.2 Å². The number of amides is 1. The molecule has 0 saturated carbocycles. The Morgan fingerprint density at radius 3 is 2.32 bits per heavy atom. The van der Waals surface area contributed by atoms with Gasteiger partial charge in [-0.25, -0.2) is 0 Å². The van der Waals surface area contributed by atoms with Crippen LogP contribution in [0.25, 0.3) is 0 Å². The van der Waals surface area contributed by atoms with Gasteiger partial charge in [0.25, 0.3) is 5.91 Å². The van der Waals surface area contributed by atoms with Crippen LogP contribution in [0.4, 0.5) is 13.2 Å². The molecule has 2 atom stereocenters. The van der Waals surface area contributed by atoms with E-state index in [1.54, 1.807) is 6.07 Å². The summed E-state index contributed by atoms with van der Waals surface area (Å²) in [5.41, 5.74) is 3.05. The van der Waals surface area contributed by atoms with Crippen LogP contribution in [0.3, 0.4) is 0 Å². The second kappa shape index (κ2) is 11.5. The monoisotopic (exact) mass is 508 g/mol. The summed E-state index contributed by atoms with van der Waals surface area (Å²) in [4.78, 5) is 17.7. The molecule has 1 aliphatic heterocycles. The van der Waals surface area contributed by atoms with E-state index in [9.17, 15) is 18.0 Å². The first kappa shape index (κ1) is 26.9. The fraction of sp³-hybridized carbons (Fsp3) is 0.387. The van der Waals surface area contributed by atoms with Crippen LogP contribution >= 0.6 is 0 Å². The SMILES string of the molecule is Cc1ccc(CN2CC(CN(CC(C)C)C(=O)c3ccccc3)C(c3cccc(C(F)(F)F)c3)C2)cc1. The van der Waals surface area contributed by atoms with E-state index in [4.69, 9.17) is 0 Å². The number of benzene rings is 3. The van der Waals surface area contributed by atoms with Gasteiger partial charge in [-0.1, -0.05) is 80.1 Å². The van der Waals surface area contributed by atoms with Crippen LogP contribution in [0.2, 0.25) is 0 Å². The van der Waals surface area contributed by atoms with Crippen LogP contribution in [0.1, 0.15) is 52.4 Å². The zero-order valence-electron chi connectivity index (χ0n) is 21.7. The Bertz CT molecular complexity index is 1180. The summed E-state index contributed by atoms with van der Waals surface area (Å²) < 4.78 is 40.6. The average Bonchev–Trinajstić information content (AvgIpc) is 3.26. The Hall–Kier alpha value is -3.12. The highest BCUT2D eigenvalue weighted by Crippen LogP contribution is 2.37. The highest BCUT2D eigenvalue weighted by atomic mass is 19.4. The van der Waals surface area contributed by atoms with Crippen LogP contribution in [-0.2, 0) is 12.7 Å². The molecule has 0 N–H and O–H groups in total. The maximum absolute atomic E-state index is 13.5. The lowest BCUT2D eigenvalue weighted by molar-refractivity contribution is -0.137. The van der Waals surface area contributed by atoms with Crippen LogP contribution in [0, 0.1) is 18.8 Å². The number of rotatable bonds is 8. The molecule has 1 saturated heterocycles. The van der Waals surface area contributed by atoms with Gasteiger partial charge < -0.3 is 4.90 Å². The zero-order chi connectivity index (χ0) is 26.6. The molecule has 0 aliphatic carbocycles. The zero-order valence-corrected chi connectivity index (χ0v) is 21.7. The Balaban J connectivity index is 1.62. The number of carbonyl (C=O) groups is 1. The van der Waals surface area contributed by atoms with Crippen LogP contribution < -0.4 is 0 Å². The summed E-state index contributed by atoms with van der Waals surface area (Å²) in [6.07, 6.45) is -4.39. The van der Waals surface area contributed by atoms with E-state index in [2.05, 4.69) is 43.0 Å². The summed E-state index contributed by atoms with van der Waals surface area (Å²) in [6, 6.07) is 23.3. The van der Waals surface area contributed by atoms with Crippen molar-refractivity contribution in [2.75, 3.05) is 26.2 Å². The molecule has 6 heteroatoms. The third-order valence-electron chi connectivity index (χ3n) is 7.03. The maximum Gasteiger partial charge on any atom is 0.416 e. The van der Waals surface area contributed by atoms with Gasteiger partial charge in [0.15, 0.2) is 0 Å². The van der Waals surface area contributed by atoms with Crippen molar-refractivity contribution in [2.45, 2.75) is 39.4 Å². The second-order valence-corrected chi connectivity index (χ2v) is 10.6. The summed E-state index contributed by atoms with van der Waals surface area (Å²) in [5.74, 6) is 0.144. The van der Waals surface area contributed by atoms with Gasteiger partial charge in [0.2, 0.25) is 0 Å². The van der Waals surface area contributed by atoms with Gasteiger partial charge in [-0.15, -0.1) is 0 Å². The molecule has 3 aromatic carbocycles. The van der Waals surface area contributed by atoms with E-state index in [0.29, 0.717) is 37.3 Å². The highest BCUT2D eigenvalue weighted by Gasteiger charge is 2.38. The van der Waals surface area contributed by atoms with E-state index in [-0.39, 0.29) is 23.7 Å². The number of halogens is 3. The molecular weight excluding hydrogens is 473 g/mol. The van der Waals surface area contributed by atoms with Gasteiger partial charge >= 0.3 is 6.18 Å². The number of hydrogen-bond acceptors (Lipinski definition) is 2. The first-order valence-corrected chi connectivity index (χ1v) is 12.9. The molecule has 0 aromatic heterocycles. The van der Waals surface area contributed by atoms with Gasteiger partial charge in [-0.05, 0) is 48.1 Å². The lowest BCUT2D eigenvalue weighted by atomic mass is 9.87. The first-order valence-electron chi connectivity index (χ1n) is 12.9. The third kappa shape index (κ3) is 7.01. The summed E-state index contributed by atoms with van der Waals surface area (Å²) in [5, 5.41) is 0.